The Morgan fingerprint density at radius 1 is 1.29 bits per heavy atom. The van der Waals surface area contributed by atoms with Crippen molar-refractivity contribution in [1.29, 1.82) is 0 Å². The molecule has 0 saturated carbocycles. The molecule has 0 fully saturated rings. The molecule has 0 aliphatic heterocycles. The summed E-state index contributed by atoms with van der Waals surface area (Å²) in [5, 5.41) is 9.21. The summed E-state index contributed by atoms with van der Waals surface area (Å²) in [5.74, 6) is -1.25. The molecular formula is C15H24N2O6S. The number of rotatable bonds is 4. The predicted octanol–water partition coefficient (Wildman–Crippen LogP) is 2.37. The SMILES string of the molecule is Cc1c(S(=O)(=O)N(C(=O)OC(C)(C)C)C(C)C)cn(C)c1C(=O)O. The molecule has 1 heterocycles. The van der Waals surface area contributed by atoms with Gasteiger partial charge in [-0.3, -0.25) is 0 Å². The van der Waals surface area contributed by atoms with E-state index in [0.717, 1.165) is 0 Å². The molecule has 1 rings (SSSR count). The van der Waals surface area contributed by atoms with Crippen LogP contribution < -0.4 is 0 Å². The van der Waals surface area contributed by atoms with Crippen LogP contribution in [-0.4, -0.2) is 46.1 Å². The highest BCUT2D eigenvalue weighted by atomic mass is 32.2. The number of carbonyl (C=O) groups is 2. The van der Waals surface area contributed by atoms with E-state index >= 15 is 0 Å². The number of aryl methyl sites for hydroxylation is 1. The molecule has 1 aromatic rings. The summed E-state index contributed by atoms with van der Waals surface area (Å²) in [7, 11) is -2.83. The molecule has 0 aliphatic rings. The monoisotopic (exact) mass is 360 g/mol. The fourth-order valence-corrected chi connectivity index (χ4v) is 4.06. The third-order valence-corrected chi connectivity index (χ3v) is 5.23. The van der Waals surface area contributed by atoms with E-state index in [4.69, 9.17) is 4.74 Å². The van der Waals surface area contributed by atoms with Gasteiger partial charge < -0.3 is 14.4 Å². The summed E-state index contributed by atoms with van der Waals surface area (Å²) < 4.78 is 32.9. The van der Waals surface area contributed by atoms with Crippen LogP contribution in [0.5, 0.6) is 0 Å². The lowest BCUT2D eigenvalue weighted by molar-refractivity contribution is 0.0356. The highest BCUT2D eigenvalue weighted by Crippen LogP contribution is 2.27. The molecule has 0 atom stereocenters. The van der Waals surface area contributed by atoms with Gasteiger partial charge in [0.1, 0.15) is 16.2 Å². The maximum Gasteiger partial charge on any atom is 0.424 e. The first kappa shape index (κ1) is 20.0. The van der Waals surface area contributed by atoms with Crippen molar-refractivity contribution in [3.8, 4) is 0 Å². The van der Waals surface area contributed by atoms with Gasteiger partial charge in [0.25, 0.3) is 10.0 Å². The van der Waals surface area contributed by atoms with Crippen LogP contribution >= 0.6 is 0 Å². The molecule has 1 aromatic heterocycles. The Bertz CT molecular complexity index is 756. The van der Waals surface area contributed by atoms with Crippen LogP contribution in [0.3, 0.4) is 0 Å². The largest absolute Gasteiger partial charge is 0.477 e. The van der Waals surface area contributed by atoms with Crippen LogP contribution in [-0.2, 0) is 21.8 Å². The van der Waals surface area contributed by atoms with Gasteiger partial charge in [0, 0.05) is 24.8 Å². The maximum absolute atomic E-state index is 12.9. The van der Waals surface area contributed by atoms with Gasteiger partial charge >= 0.3 is 12.1 Å². The third kappa shape index (κ3) is 3.89. The Balaban J connectivity index is 3.47. The molecule has 8 nitrogen and oxygen atoms in total. The average molecular weight is 360 g/mol. The predicted molar refractivity (Wildman–Crippen MR) is 87.5 cm³/mol. The minimum absolute atomic E-state index is 0.0687. The number of hydrogen-bond donors (Lipinski definition) is 1. The number of ether oxygens (including phenoxy) is 1. The van der Waals surface area contributed by atoms with Gasteiger partial charge in [-0.15, -0.1) is 0 Å². The smallest absolute Gasteiger partial charge is 0.424 e. The van der Waals surface area contributed by atoms with Crippen molar-refractivity contribution in [3.63, 3.8) is 0 Å². The number of aromatic nitrogens is 1. The van der Waals surface area contributed by atoms with E-state index in [9.17, 15) is 23.1 Å². The van der Waals surface area contributed by atoms with Crippen LogP contribution in [0.15, 0.2) is 11.1 Å². The molecule has 24 heavy (non-hydrogen) atoms. The standard InChI is InChI=1S/C15H24N2O6S/c1-9(2)17(14(20)23-15(4,5)6)24(21,22)11-8-16(7)12(10(11)3)13(18)19/h8-9H,1-7H3,(H,18,19). The van der Waals surface area contributed by atoms with Gasteiger partial charge in [0.05, 0.1) is 0 Å². The van der Waals surface area contributed by atoms with Gasteiger partial charge in [0.2, 0.25) is 0 Å². The number of sulfonamides is 1. The lowest BCUT2D eigenvalue weighted by Gasteiger charge is -2.29. The molecule has 0 spiro atoms. The molecule has 0 aliphatic carbocycles. The van der Waals surface area contributed by atoms with E-state index in [-0.39, 0.29) is 16.2 Å². The molecule has 0 unspecified atom stereocenters. The molecule has 0 saturated heterocycles. The number of nitrogens with zero attached hydrogens (tertiary/aromatic N) is 2. The van der Waals surface area contributed by atoms with E-state index in [0.29, 0.717) is 4.31 Å². The Hall–Kier alpha value is -2.03. The molecule has 136 valence electrons. The Morgan fingerprint density at radius 3 is 2.12 bits per heavy atom. The molecule has 1 amide bonds. The average Bonchev–Trinajstić information content (AvgIpc) is 2.61. The molecule has 1 N–H and O–H groups in total. The van der Waals surface area contributed by atoms with Gasteiger partial charge in [-0.25, -0.2) is 18.0 Å². The summed E-state index contributed by atoms with van der Waals surface area (Å²) in [6.07, 6.45) is 0.186. The van der Waals surface area contributed by atoms with Crippen molar-refractivity contribution < 1.29 is 27.9 Å². The summed E-state index contributed by atoms with van der Waals surface area (Å²) >= 11 is 0. The van der Waals surface area contributed by atoms with Gasteiger partial charge in [0.15, 0.2) is 0 Å². The summed E-state index contributed by atoms with van der Waals surface area (Å²) in [6, 6.07) is -0.697. The lowest BCUT2D eigenvalue weighted by Crippen LogP contribution is -2.44. The summed E-state index contributed by atoms with van der Waals surface area (Å²) in [6.45, 7) is 9.37. The second-order valence-corrected chi connectivity index (χ2v) is 8.54. The molecule has 0 aromatic carbocycles. The minimum Gasteiger partial charge on any atom is -0.477 e. The fraction of sp³-hybridized carbons (Fsp3) is 0.600. The second kappa shape index (κ2) is 6.46. The van der Waals surface area contributed by atoms with Crippen molar-refractivity contribution in [3.05, 3.63) is 17.5 Å². The van der Waals surface area contributed by atoms with Gasteiger partial charge in [-0.1, -0.05) is 0 Å². The van der Waals surface area contributed by atoms with E-state index < -0.39 is 33.7 Å². The molecule has 0 radical (unpaired) electrons. The number of aromatic carboxylic acids is 1. The lowest BCUT2D eigenvalue weighted by atomic mass is 10.2. The van der Waals surface area contributed by atoms with E-state index in [2.05, 4.69) is 0 Å². The normalized spacial score (nSPS) is 12.3. The first-order chi connectivity index (χ1) is 10.7. The van der Waals surface area contributed by atoms with Crippen LogP contribution in [0.25, 0.3) is 0 Å². The first-order valence-electron chi connectivity index (χ1n) is 7.36. The molecule has 9 heteroatoms. The van der Waals surface area contributed by atoms with Crippen molar-refractivity contribution >= 4 is 22.1 Å². The zero-order valence-corrected chi connectivity index (χ0v) is 15.8. The quantitative estimate of drug-likeness (QED) is 0.883. The van der Waals surface area contributed by atoms with Crippen LogP contribution in [0.2, 0.25) is 0 Å². The number of amides is 1. The first-order valence-corrected chi connectivity index (χ1v) is 8.80. The minimum atomic E-state index is -4.26. The molecular weight excluding hydrogens is 336 g/mol. The van der Waals surface area contributed by atoms with Crippen LogP contribution in [0.1, 0.15) is 50.7 Å². The van der Waals surface area contributed by atoms with E-state index in [1.54, 1.807) is 20.8 Å². The summed E-state index contributed by atoms with van der Waals surface area (Å²) in [5.41, 5.74) is -0.946. The maximum atomic E-state index is 12.9. The Labute approximate surface area is 142 Å². The Kier molecular flexibility index (Phi) is 5.39. The van der Waals surface area contributed by atoms with Gasteiger partial charge in [-0.05, 0) is 41.5 Å². The highest BCUT2D eigenvalue weighted by Gasteiger charge is 2.38. The van der Waals surface area contributed by atoms with Gasteiger partial charge in [-0.2, -0.15) is 4.31 Å². The number of carbonyl (C=O) groups excluding carboxylic acids is 1. The highest BCUT2D eigenvalue weighted by molar-refractivity contribution is 7.89. The zero-order chi connectivity index (χ0) is 19.0. The third-order valence-electron chi connectivity index (χ3n) is 3.17. The van der Waals surface area contributed by atoms with Crippen molar-refractivity contribution in [2.75, 3.05) is 0 Å². The van der Waals surface area contributed by atoms with E-state index in [1.807, 2.05) is 0 Å². The summed E-state index contributed by atoms with van der Waals surface area (Å²) in [4.78, 5) is 23.4. The molecule has 0 bridgehead atoms. The van der Waals surface area contributed by atoms with Crippen LogP contribution in [0.4, 0.5) is 4.79 Å². The second-order valence-electron chi connectivity index (χ2n) is 6.76. The van der Waals surface area contributed by atoms with Crippen molar-refractivity contribution in [2.45, 2.75) is 58.1 Å². The van der Waals surface area contributed by atoms with Crippen molar-refractivity contribution in [2.24, 2.45) is 7.05 Å². The topological polar surface area (TPSA) is 106 Å². The Morgan fingerprint density at radius 2 is 1.79 bits per heavy atom. The number of carboxylic acid groups (broad SMARTS) is 1. The van der Waals surface area contributed by atoms with Crippen molar-refractivity contribution in [1.82, 2.24) is 8.87 Å². The number of hydrogen-bond acceptors (Lipinski definition) is 5. The fourth-order valence-electron chi connectivity index (χ4n) is 2.29. The number of carboxylic acids is 1. The van der Waals surface area contributed by atoms with Crippen LogP contribution in [0, 0.1) is 6.92 Å². The zero-order valence-electron chi connectivity index (χ0n) is 14.9. The van der Waals surface area contributed by atoms with E-state index in [1.165, 1.54) is 38.6 Å².